The van der Waals surface area contributed by atoms with Crippen LogP contribution in [0.1, 0.15) is 37.7 Å². The van der Waals surface area contributed by atoms with Gasteiger partial charge in [-0.3, -0.25) is 14.3 Å². The van der Waals surface area contributed by atoms with Gasteiger partial charge < -0.3 is 14.5 Å². The molecule has 2 aliphatic rings. The SMILES string of the molecule is COc1ccc(CN2CCn3nc(C(=O)N4CCc5ccccc5C4)cc3C2=O)cc1. The normalized spacial score (nSPS) is 15.5. The van der Waals surface area contributed by atoms with E-state index in [1.165, 1.54) is 11.1 Å². The van der Waals surface area contributed by atoms with Gasteiger partial charge in [-0.1, -0.05) is 36.4 Å². The first kappa shape index (κ1) is 19.4. The highest BCUT2D eigenvalue weighted by atomic mass is 16.5. The van der Waals surface area contributed by atoms with Crippen LogP contribution in [0.4, 0.5) is 0 Å². The third kappa shape index (κ3) is 3.67. The van der Waals surface area contributed by atoms with E-state index in [-0.39, 0.29) is 11.8 Å². The third-order valence-electron chi connectivity index (χ3n) is 6.04. The lowest BCUT2D eigenvalue weighted by Gasteiger charge is -2.28. The van der Waals surface area contributed by atoms with Crippen LogP contribution >= 0.6 is 0 Å². The van der Waals surface area contributed by atoms with Crippen LogP contribution in [0, 0.1) is 0 Å². The zero-order chi connectivity index (χ0) is 21.4. The summed E-state index contributed by atoms with van der Waals surface area (Å²) in [6, 6.07) is 17.5. The lowest BCUT2D eigenvalue weighted by molar-refractivity contribution is 0.0679. The van der Waals surface area contributed by atoms with Gasteiger partial charge in [0.05, 0.1) is 13.7 Å². The second-order valence-corrected chi connectivity index (χ2v) is 7.96. The summed E-state index contributed by atoms with van der Waals surface area (Å²) in [4.78, 5) is 29.7. The van der Waals surface area contributed by atoms with Crippen molar-refractivity contribution >= 4 is 11.8 Å². The van der Waals surface area contributed by atoms with Gasteiger partial charge >= 0.3 is 0 Å². The summed E-state index contributed by atoms with van der Waals surface area (Å²) in [6.07, 6.45) is 0.837. The Balaban J connectivity index is 1.31. The third-order valence-corrected chi connectivity index (χ3v) is 6.04. The van der Waals surface area contributed by atoms with Crippen LogP contribution in [-0.2, 0) is 26.1 Å². The molecule has 0 radical (unpaired) electrons. The molecule has 0 fully saturated rings. The number of hydrogen-bond donors (Lipinski definition) is 0. The predicted octanol–water partition coefficient (Wildman–Crippen LogP) is 2.75. The summed E-state index contributed by atoms with van der Waals surface area (Å²) in [7, 11) is 1.63. The number of rotatable bonds is 4. The molecule has 0 spiro atoms. The van der Waals surface area contributed by atoms with Crippen LogP contribution < -0.4 is 4.74 Å². The predicted molar refractivity (Wildman–Crippen MR) is 115 cm³/mol. The number of nitrogens with zero attached hydrogens (tertiary/aromatic N) is 4. The van der Waals surface area contributed by atoms with E-state index in [1.807, 2.05) is 41.3 Å². The molecule has 2 amide bonds. The maximum Gasteiger partial charge on any atom is 0.274 e. The van der Waals surface area contributed by atoms with Crippen LogP contribution in [0.5, 0.6) is 5.75 Å². The lowest BCUT2D eigenvalue weighted by atomic mass is 10.00. The van der Waals surface area contributed by atoms with E-state index < -0.39 is 0 Å². The van der Waals surface area contributed by atoms with Gasteiger partial charge in [0.15, 0.2) is 5.69 Å². The first-order valence-electron chi connectivity index (χ1n) is 10.5. The van der Waals surface area contributed by atoms with Crippen LogP contribution in [0.15, 0.2) is 54.6 Å². The minimum absolute atomic E-state index is 0.0994. The molecule has 0 unspecified atom stereocenters. The largest absolute Gasteiger partial charge is 0.497 e. The number of methoxy groups -OCH3 is 1. The highest BCUT2D eigenvalue weighted by Crippen LogP contribution is 2.22. The van der Waals surface area contributed by atoms with Crippen LogP contribution in [0.3, 0.4) is 0 Å². The molecule has 0 bridgehead atoms. The number of ether oxygens (including phenoxy) is 1. The van der Waals surface area contributed by atoms with Gasteiger partial charge in [0.2, 0.25) is 0 Å². The van der Waals surface area contributed by atoms with Gasteiger partial charge in [-0.2, -0.15) is 5.10 Å². The van der Waals surface area contributed by atoms with E-state index >= 15 is 0 Å². The summed E-state index contributed by atoms with van der Waals surface area (Å²) >= 11 is 0. The standard InChI is InChI=1S/C24H24N4O3/c1-31-20-8-6-17(7-9-20)15-27-12-13-28-22(24(27)30)14-21(25-28)23(29)26-11-10-18-4-2-3-5-19(18)16-26/h2-9,14H,10-13,15-16H2,1H3. The number of fused-ring (bicyclic) bond motifs is 2. The van der Waals surface area contributed by atoms with Gasteiger partial charge in [-0.25, -0.2) is 0 Å². The van der Waals surface area contributed by atoms with Crippen molar-refractivity contribution in [1.29, 1.82) is 0 Å². The smallest absolute Gasteiger partial charge is 0.274 e. The molecule has 0 aliphatic carbocycles. The van der Waals surface area contributed by atoms with Crippen LogP contribution in [0.25, 0.3) is 0 Å². The monoisotopic (exact) mass is 416 g/mol. The first-order chi connectivity index (χ1) is 15.1. The number of aromatic nitrogens is 2. The van der Waals surface area contributed by atoms with Crippen molar-refractivity contribution in [1.82, 2.24) is 19.6 Å². The Morgan fingerprint density at radius 1 is 1.03 bits per heavy atom. The van der Waals surface area contributed by atoms with Crippen molar-refractivity contribution in [3.05, 3.63) is 82.7 Å². The average Bonchev–Trinajstić information content (AvgIpc) is 3.26. The highest BCUT2D eigenvalue weighted by Gasteiger charge is 2.30. The summed E-state index contributed by atoms with van der Waals surface area (Å²) in [5.41, 5.74) is 4.31. The van der Waals surface area contributed by atoms with E-state index in [1.54, 1.807) is 22.8 Å². The molecule has 31 heavy (non-hydrogen) atoms. The summed E-state index contributed by atoms with van der Waals surface area (Å²) in [6.45, 7) is 2.89. The fourth-order valence-corrected chi connectivity index (χ4v) is 4.28. The fraction of sp³-hybridized carbons (Fsp3) is 0.292. The summed E-state index contributed by atoms with van der Waals surface area (Å²) in [5, 5.41) is 4.46. The Kier molecular flexibility index (Phi) is 4.94. The maximum absolute atomic E-state index is 13.1. The lowest BCUT2D eigenvalue weighted by Crippen LogP contribution is -2.39. The average molecular weight is 416 g/mol. The molecule has 0 N–H and O–H groups in total. The molecule has 1 aromatic heterocycles. The molecular weight excluding hydrogens is 392 g/mol. The molecule has 7 nitrogen and oxygen atoms in total. The Bertz CT molecular complexity index is 1140. The van der Waals surface area contributed by atoms with Gasteiger partial charge in [0, 0.05) is 32.2 Å². The summed E-state index contributed by atoms with van der Waals surface area (Å²) in [5.74, 6) is 0.568. The minimum Gasteiger partial charge on any atom is -0.497 e. The number of amides is 2. The molecule has 0 atom stereocenters. The van der Waals surface area contributed by atoms with Crippen LogP contribution in [-0.4, -0.2) is 51.6 Å². The van der Waals surface area contributed by atoms with Gasteiger partial charge in [-0.15, -0.1) is 0 Å². The van der Waals surface area contributed by atoms with Crippen molar-refractivity contribution in [2.45, 2.75) is 26.1 Å². The molecule has 5 rings (SSSR count). The van der Waals surface area contributed by atoms with Gasteiger partial charge in [0.25, 0.3) is 11.8 Å². The van der Waals surface area contributed by atoms with Crippen molar-refractivity contribution in [3.63, 3.8) is 0 Å². The van der Waals surface area contributed by atoms with Crippen molar-refractivity contribution in [2.24, 2.45) is 0 Å². The molecule has 7 heteroatoms. The van der Waals surface area contributed by atoms with E-state index in [0.717, 1.165) is 17.7 Å². The molecule has 3 aromatic rings. The second-order valence-electron chi connectivity index (χ2n) is 7.96. The number of benzene rings is 2. The zero-order valence-electron chi connectivity index (χ0n) is 17.5. The molecular formula is C24H24N4O3. The first-order valence-corrected chi connectivity index (χ1v) is 10.5. The minimum atomic E-state index is -0.120. The number of hydrogen-bond acceptors (Lipinski definition) is 4. The van der Waals surface area contributed by atoms with Gasteiger partial charge in [-0.05, 0) is 35.2 Å². The second kappa shape index (κ2) is 7.91. The van der Waals surface area contributed by atoms with Crippen LogP contribution in [0.2, 0.25) is 0 Å². The fourth-order valence-electron chi connectivity index (χ4n) is 4.28. The molecule has 3 heterocycles. The van der Waals surface area contributed by atoms with Crippen molar-refractivity contribution < 1.29 is 14.3 Å². The number of carbonyl (C=O) groups excluding carboxylic acids is 2. The zero-order valence-corrected chi connectivity index (χ0v) is 17.5. The topological polar surface area (TPSA) is 67.7 Å². The molecule has 2 aliphatic heterocycles. The Labute approximate surface area is 180 Å². The summed E-state index contributed by atoms with van der Waals surface area (Å²) < 4.78 is 6.86. The maximum atomic E-state index is 13.1. The Morgan fingerprint density at radius 3 is 2.58 bits per heavy atom. The highest BCUT2D eigenvalue weighted by molar-refractivity contribution is 5.98. The molecule has 0 saturated carbocycles. The quantitative estimate of drug-likeness (QED) is 0.656. The van der Waals surface area contributed by atoms with E-state index in [4.69, 9.17) is 4.74 Å². The van der Waals surface area contributed by atoms with E-state index in [0.29, 0.717) is 44.1 Å². The molecule has 158 valence electrons. The Hall–Kier alpha value is -3.61. The van der Waals surface area contributed by atoms with E-state index in [2.05, 4.69) is 17.2 Å². The Morgan fingerprint density at radius 2 is 1.81 bits per heavy atom. The van der Waals surface area contributed by atoms with Crippen molar-refractivity contribution in [2.75, 3.05) is 20.2 Å². The molecule has 0 saturated heterocycles. The van der Waals surface area contributed by atoms with Gasteiger partial charge in [0.1, 0.15) is 11.4 Å². The van der Waals surface area contributed by atoms with Crippen molar-refractivity contribution in [3.8, 4) is 5.75 Å². The number of carbonyl (C=O) groups is 2. The van der Waals surface area contributed by atoms with E-state index in [9.17, 15) is 9.59 Å². The molecule has 2 aromatic carbocycles.